The second-order valence-corrected chi connectivity index (χ2v) is 5.57. The topological polar surface area (TPSA) is 3.24 Å². The third-order valence-electron chi connectivity index (χ3n) is 4.30. The first-order valence-electron chi connectivity index (χ1n) is 6.43. The Balaban J connectivity index is 0.00000144. The second-order valence-electron chi connectivity index (χ2n) is 5.57. The van der Waals surface area contributed by atoms with Crippen molar-refractivity contribution in [2.24, 2.45) is 5.41 Å². The molecule has 6 heteroatoms. The van der Waals surface area contributed by atoms with E-state index in [9.17, 15) is 12.9 Å². The Kier molecular flexibility index (Phi) is 6.55. The van der Waals surface area contributed by atoms with E-state index < -0.39 is 13.4 Å². The predicted octanol–water partition coefficient (Wildman–Crippen LogP) is 0.423. The van der Waals surface area contributed by atoms with Crippen molar-refractivity contribution in [2.75, 3.05) is 19.5 Å². The molecule has 17 heavy (non-hydrogen) atoms. The fraction of sp³-hybridized carbons (Fsp3) is 1.00. The normalized spacial score (nSPS) is 25.6. The molecule has 2 aliphatic rings. The Labute approximate surface area is 144 Å². The summed E-state index contributed by atoms with van der Waals surface area (Å²) >= 11 is 0. The van der Waals surface area contributed by atoms with E-state index in [0.717, 1.165) is 12.8 Å². The van der Waals surface area contributed by atoms with Gasteiger partial charge in [0.1, 0.15) is 0 Å². The van der Waals surface area contributed by atoms with Gasteiger partial charge >= 0.3 is 58.4 Å². The van der Waals surface area contributed by atoms with E-state index in [2.05, 4.69) is 0 Å². The van der Waals surface area contributed by atoms with Crippen LogP contribution in [0.2, 0.25) is 0 Å². The van der Waals surface area contributed by atoms with Gasteiger partial charge in [-0.25, -0.2) is 0 Å². The van der Waals surface area contributed by atoms with Crippen LogP contribution in [0.25, 0.3) is 0 Å². The van der Waals surface area contributed by atoms with Crippen LogP contribution < -0.4 is 51.4 Å². The summed E-state index contributed by atoms with van der Waals surface area (Å²) in [6, 6.07) is 0. The van der Waals surface area contributed by atoms with E-state index in [1.54, 1.807) is 4.90 Å². The minimum atomic E-state index is -4.64. The molecule has 2 rings (SSSR count). The largest absolute Gasteiger partial charge is 1.00 e. The quantitative estimate of drug-likeness (QED) is 0.659. The van der Waals surface area contributed by atoms with Gasteiger partial charge in [-0.2, -0.15) is 0 Å². The second kappa shape index (κ2) is 6.75. The standard InChI is InChI=1S/C11H20BF3N.K/c13-12(14,15)10-16-8-6-11(7-9-16)4-2-1-3-5-11;/h1-10H2;/q-1;+1. The molecule has 1 spiro atoms. The Morgan fingerprint density at radius 1 is 0.882 bits per heavy atom. The zero-order valence-corrected chi connectivity index (χ0v) is 13.9. The van der Waals surface area contributed by atoms with Crippen LogP contribution in [0.15, 0.2) is 0 Å². The molecular formula is C11H20BF3KN. The number of hydrogen-bond acceptors (Lipinski definition) is 1. The van der Waals surface area contributed by atoms with Crippen molar-refractivity contribution in [1.82, 2.24) is 4.90 Å². The van der Waals surface area contributed by atoms with E-state index in [4.69, 9.17) is 0 Å². The van der Waals surface area contributed by atoms with Gasteiger partial charge in [0.05, 0.1) is 0 Å². The van der Waals surface area contributed by atoms with Crippen LogP contribution in [-0.4, -0.2) is 31.4 Å². The molecule has 0 aromatic rings. The Morgan fingerprint density at radius 3 is 1.88 bits per heavy atom. The molecule has 0 aromatic heterocycles. The zero-order chi connectivity index (χ0) is 11.6. The van der Waals surface area contributed by atoms with Gasteiger partial charge in [0.2, 0.25) is 0 Å². The number of halogens is 3. The molecule has 1 aliphatic carbocycles. The SMILES string of the molecule is F[B-](F)(F)CN1CCC2(CCCCC2)CC1.[K+]. The molecule has 0 amide bonds. The van der Waals surface area contributed by atoms with E-state index in [1.807, 2.05) is 0 Å². The maximum atomic E-state index is 12.3. The maximum Gasteiger partial charge on any atom is 1.00 e. The summed E-state index contributed by atoms with van der Waals surface area (Å²) in [4.78, 5) is 1.60. The van der Waals surface area contributed by atoms with Crippen molar-refractivity contribution in [2.45, 2.75) is 44.9 Å². The first-order chi connectivity index (χ1) is 7.49. The van der Waals surface area contributed by atoms with Crippen LogP contribution in [0, 0.1) is 5.41 Å². The monoisotopic (exact) mass is 273 g/mol. The van der Waals surface area contributed by atoms with Crippen molar-refractivity contribution in [3.05, 3.63) is 0 Å². The minimum Gasteiger partial charge on any atom is -0.448 e. The van der Waals surface area contributed by atoms with Crippen molar-refractivity contribution in [3.63, 3.8) is 0 Å². The summed E-state index contributed by atoms with van der Waals surface area (Å²) in [7, 11) is 0. The van der Waals surface area contributed by atoms with E-state index in [0.29, 0.717) is 18.5 Å². The molecule has 1 saturated heterocycles. The van der Waals surface area contributed by atoms with Gasteiger partial charge in [-0.15, -0.1) is 0 Å². The first kappa shape index (κ1) is 16.5. The molecule has 1 nitrogen and oxygen atoms in total. The van der Waals surface area contributed by atoms with Crippen LogP contribution in [0.5, 0.6) is 0 Å². The van der Waals surface area contributed by atoms with Crippen LogP contribution in [0.3, 0.4) is 0 Å². The summed E-state index contributed by atoms with van der Waals surface area (Å²) in [5.41, 5.74) is 0.410. The average molecular weight is 273 g/mol. The Bertz CT molecular complexity index is 231. The van der Waals surface area contributed by atoms with Gasteiger partial charge in [0, 0.05) is 0 Å². The van der Waals surface area contributed by atoms with E-state index >= 15 is 0 Å². The molecule has 1 heterocycles. The Hall–Kier alpha value is 1.45. The fourth-order valence-corrected chi connectivity index (χ4v) is 3.30. The van der Waals surface area contributed by atoms with Crippen molar-refractivity contribution >= 4 is 6.98 Å². The molecule has 94 valence electrons. The molecule has 0 N–H and O–H groups in total. The summed E-state index contributed by atoms with van der Waals surface area (Å²) in [5.74, 6) is 0. The smallest absolute Gasteiger partial charge is 0.448 e. The molecule has 0 radical (unpaired) electrons. The average Bonchev–Trinajstić information content (AvgIpc) is 2.22. The predicted molar refractivity (Wildman–Crippen MR) is 60.3 cm³/mol. The van der Waals surface area contributed by atoms with Gasteiger partial charge in [-0.05, 0) is 50.6 Å². The molecule has 0 unspecified atom stereocenters. The molecule has 1 aliphatic heterocycles. The molecule has 0 bridgehead atoms. The number of likely N-dealkylation sites (tertiary alicyclic amines) is 1. The number of hydrogen-bond donors (Lipinski definition) is 0. The van der Waals surface area contributed by atoms with Crippen molar-refractivity contribution < 1.29 is 64.3 Å². The van der Waals surface area contributed by atoms with E-state index in [1.165, 1.54) is 32.1 Å². The van der Waals surface area contributed by atoms with Gasteiger partial charge in [0.25, 0.3) is 0 Å². The fourth-order valence-electron chi connectivity index (χ4n) is 3.30. The minimum absolute atomic E-state index is 0. The van der Waals surface area contributed by atoms with Crippen LogP contribution in [0.1, 0.15) is 44.9 Å². The molecule has 0 aromatic carbocycles. The zero-order valence-electron chi connectivity index (χ0n) is 10.7. The van der Waals surface area contributed by atoms with Crippen LogP contribution >= 0.6 is 0 Å². The summed E-state index contributed by atoms with van der Waals surface area (Å²) in [6.07, 6.45) is 7.69. The molecule has 1 saturated carbocycles. The first-order valence-corrected chi connectivity index (χ1v) is 6.43. The third kappa shape index (κ3) is 5.15. The molecular weight excluding hydrogens is 253 g/mol. The number of nitrogens with zero attached hydrogens (tertiary/aromatic N) is 1. The Morgan fingerprint density at radius 2 is 1.41 bits per heavy atom. The van der Waals surface area contributed by atoms with Crippen LogP contribution in [-0.2, 0) is 0 Å². The van der Waals surface area contributed by atoms with Gasteiger partial charge in [-0.1, -0.05) is 19.3 Å². The van der Waals surface area contributed by atoms with Crippen molar-refractivity contribution in [3.8, 4) is 0 Å². The van der Waals surface area contributed by atoms with E-state index in [-0.39, 0.29) is 51.4 Å². The van der Waals surface area contributed by atoms with Gasteiger partial charge in [-0.3, -0.25) is 0 Å². The summed E-state index contributed by atoms with van der Waals surface area (Å²) in [6.45, 7) is -3.33. The molecule has 2 fully saturated rings. The van der Waals surface area contributed by atoms with Gasteiger partial charge < -0.3 is 17.8 Å². The van der Waals surface area contributed by atoms with Crippen LogP contribution in [0.4, 0.5) is 12.9 Å². The summed E-state index contributed by atoms with van der Waals surface area (Å²) in [5, 5.41) is 0. The number of piperidine rings is 1. The van der Waals surface area contributed by atoms with Gasteiger partial charge in [0.15, 0.2) is 0 Å². The number of rotatable bonds is 2. The maximum absolute atomic E-state index is 12.3. The van der Waals surface area contributed by atoms with Crippen molar-refractivity contribution in [1.29, 1.82) is 0 Å². The third-order valence-corrected chi connectivity index (χ3v) is 4.30. The molecule has 0 atom stereocenters. The summed E-state index contributed by atoms with van der Waals surface area (Å²) < 4.78 is 36.9.